The zero-order chi connectivity index (χ0) is 20.5. The summed E-state index contributed by atoms with van der Waals surface area (Å²) in [4.78, 5) is 11.9. The first-order valence-electron chi connectivity index (χ1n) is 9.51. The lowest BCUT2D eigenvalue weighted by Crippen LogP contribution is -2.29. The molecule has 0 saturated carbocycles. The van der Waals surface area contributed by atoms with Crippen LogP contribution in [0.4, 0.5) is 5.69 Å². The lowest BCUT2D eigenvalue weighted by Gasteiger charge is -2.12. The van der Waals surface area contributed by atoms with Crippen molar-refractivity contribution in [1.82, 2.24) is 5.32 Å². The number of anilines is 1. The number of carbonyl (C=O) groups excluding carboxylic acids is 1. The SMILES string of the molecule is CCOC(=O)c1cc(NC(=S)NCCCc2ccc(C(C)C)cc2)ccc1Cl. The predicted octanol–water partition coefficient (Wildman–Crippen LogP) is 5.56. The van der Waals surface area contributed by atoms with E-state index in [1.165, 1.54) is 11.1 Å². The molecule has 2 N–H and O–H groups in total. The number of esters is 1. The van der Waals surface area contributed by atoms with Gasteiger partial charge in [-0.2, -0.15) is 0 Å². The fraction of sp³-hybridized carbons (Fsp3) is 0.364. The fourth-order valence-electron chi connectivity index (χ4n) is 2.71. The molecule has 0 unspecified atom stereocenters. The highest BCUT2D eigenvalue weighted by Gasteiger charge is 2.12. The lowest BCUT2D eigenvalue weighted by molar-refractivity contribution is 0.0526. The quantitative estimate of drug-likeness (QED) is 0.334. The molecule has 0 saturated heterocycles. The topological polar surface area (TPSA) is 50.4 Å². The molecular formula is C22H27ClN2O2S. The Labute approximate surface area is 177 Å². The maximum atomic E-state index is 11.9. The van der Waals surface area contributed by atoms with Gasteiger partial charge in [-0.05, 0) is 67.2 Å². The van der Waals surface area contributed by atoms with Gasteiger partial charge in [-0.15, -0.1) is 0 Å². The van der Waals surface area contributed by atoms with Crippen LogP contribution in [0.5, 0.6) is 0 Å². The molecule has 2 aromatic rings. The first-order valence-corrected chi connectivity index (χ1v) is 10.3. The van der Waals surface area contributed by atoms with Crippen LogP contribution in [0.2, 0.25) is 5.02 Å². The smallest absolute Gasteiger partial charge is 0.339 e. The predicted molar refractivity (Wildman–Crippen MR) is 120 cm³/mol. The summed E-state index contributed by atoms with van der Waals surface area (Å²) in [6, 6.07) is 13.8. The van der Waals surface area contributed by atoms with Gasteiger partial charge in [0.2, 0.25) is 0 Å². The lowest BCUT2D eigenvalue weighted by atomic mass is 10.0. The summed E-state index contributed by atoms with van der Waals surface area (Å²) in [6.07, 6.45) is 1.96. The minimum absolute atomic E-state index is 0.299. The molecule has 4 nitrogen and oxygen atoms in total. The van der Waals surface area contributed by atoms with Gasteiger partial charge in [0.25, 0.3) is 0 Å². The van der Waals surface area contributed by atoms with E-state index in [9.17, 15) is 4.79 Å². The summed E-state index contributed by atoms with van der Waals surface area (Å²) >= 11 is 11.4. The van der Waals surface area contributed by atoms with E-state index in [4.69, 9.17) is 28.6 Å². The Balaban J connectivity index is 1.79. The standard InChI is InChI=1S/C22H27ClN2O2S/c1-4-27-21(26)19-14-18(11-12-20(19)23)25-22(28)24-13-5-6-16-7-9-17(10-8-16)15(2)3/h7-12,14-15H,4-6,13H2,1-3H3,(H2,24,25,28). The van der Waals surface area contributed by atoms with Crippen molar-refractivity contribution in [3.05, 3.63) is 64.2 Å². The van der Waals surface area contributed by atoms with Crippen LogP contribution in [0.15, 0.2) is 42.5 Å². The number of hydrogen-bond donors (Lipinski definition) is 2. The van der Waals surface area contributed by atoms with Gasteiger partial charge >= 0.3 is 5.97 Å². The van der Waals surface area contributed by atoms with Crippen LogP contribution in [-0.4, -0.2) is 24.2 Å². The van der Waals surface area contributed by atoms with Gasteiger partial charge in [-0.25, -0.2) is 4.79 Å². The van der Waals surface area contributed by atoms with E-state index in [0.717, 1.165) is 19.4 Å². The van der Waals surface area contributed by atoms with E-state index in [0.29, 0.717) is 33.9 Å². The van der Waals surface area contributed by atoms with Crippen LogP contribution >= 0.6 is 23.8 Å². The third-order valence-electron chi connectivity index (χ3n) is 4.29. The summed E-state index contributed by atoms with van der Waals surface area (Å²) in [6.45, 7) is 7.21. The molecule has 0 bridgehead atoms. The number of benzene rings is 2. The van der Waals surface area contributed by atoms with Gasteiger partial charge in [0.15, 0.2) is 5.11 Å². The van der Waals surface area contributed by atoms with Gasteiger partial charge in [-0.3, -0.25) is 0 Å². The number of hydrogen-bond acceptors (Lipinski definition) is 3. The summed E-state index contributed by atoms with van der Waals surface area (Å²) in [5.41, 5.74) is 3.69. The van der Waals surface area contributed by atoms with Crippen LogP contribution in [-0.2, 0) is 11.2 Å². The molecule has 2 aromatic carbocycles. The Hall–Kier alpha value is -2.11. The van der Waals surface area contributed by atoms with Gasteiger partial charge in [-0.1, -0.05) is 49.7 Å². The fourth-order valence-corrected chi connectivity index (χ4v) is 3.12. The van der Waals surface area contributed by atoms with E-state index in [-0.39, 0.29) is 0 Å². The third-order valence-corrected chi connectivity index (χ3v) is 4.87. The van der Waals surface area contributed by atoms with E-state index < -0.39 is 5.97 Å². The summed E-state index contributed by atoms with van der Waals surface area (Å²) < 4.78 is 5.01. The second-order valence-electron chi connectivity index (χ2n) is 6.80. The largest absolute Gasteiger partial charge is 0.462 e. The Bertz CT molecular complexity index is 807. The van der Waals surface area contributed by atoms with Crippen molar-refractivity contribution >= 4 is 40.6 Å². The van der Waals surface area contributed by atoms with E-state index in [1.54, 1.807) is 25.1 Å². The molecule has 150 valence electrons. The molecule has 6 heteroatoms. The number of halogens is 1. The monoisotopic (exact) mass is 418 g/mol. The summed E-state index contributed by atoms with van der Waals surface area (Å²) in [5, 5.41) is 7.13. The normalized spacial score (nSPS) is 10.6. The van der Waals surface area contributed by atoms with E-state index in [2.05, 4.69) is 48.7 Å². The number of ether oxygens (including phenoxy) is 1. The Kier molecular flexibility index (Phi) is 8.74. The van der Waals surface area contributed by atoms with Crippen molar-refractivity contribution in [1.29, 1.82) is 0 Å². The Morgan fingerprint density at radius 3 is 2.54 bits per heavy atom. The van der Waals surface area contributed by atoms with E-state index in [1.807, 2.05) is 0 Å². The molecule has 2 rings (SSSR count). The van der Waals surface area contributed by atoms with Crippen LogP contribution < -0.4 is 10.6 Å². The van der Waals surface area contributed by atoms with Crippen molar-refractivity contribution in [3.8, 4) is 0 Å². The zero-order valence-corrected chi connectivity index (χ0v) is 18.1. The molecule has 28 heavy (non-hydrogen) atoms. The molecule has 0 aliphatic carbocycles. The molecule has 0 aliphatic heterocycles. The molecule has 0 heterocycles. The van der Waals surface area contributed by atoms with Crippen molar-refractivity contribution < 1.29 is 9.53 Å². The molecule has 0 spiro atoms. The summed E-state index contributed by atoms with van der Waals surface area (Å²) in [7, 11) is 0. The van der Waals surface area contributed by atoms with Gasteiger partial charge < -0.3 is 15.4 Å². The number of rotatable bonds is 8. The highest BCUT2D eigenvalue weighted by atomic mass is 35.5. The minimum atomic E-state index is -0.446. The number of thiocarbonyl (C=S) groups is 1. The molecule has 0 fully saturated rings. The van der Waals surface area contributed by atoms with Crippen molar-refractivity contribution in [2.75, 3.05) is 18.5 Å². The molecular weight excluding hydrogens is 392 g/mol. The second-order valence-corrected chi connectivity index (χ2v) is 7.61. The summed E-state index contributed by atoms with van der Waals surface area (Å²) in [5.74, 6) is 0.106. The molecule has 0 amide bonds. The van der Waals surface area contributed by atoms with Crippen molar-refractivity contribution in [3.63, 3.8) is 0 Å². The highest BCUT2D eigenvalue weighted by molar-refractivity contribution is 7.80. The third kappa shape index (κ3) is 6.80. The van der Waals surface area contributed by atoms with Crippen LogP contribution in [0.3, 0.4) is 0 Å². The Morgan fingerprint density at radius 2 is 1.89 bits per heavy atom. The first kappa shape index (κ1) is 22.2. The van der Waals surface area contributed by atoms with E-state index >= 15 is 0 Å². The highest BCUT2D eigenvalue weighted by Crippen LogP contribution is 2.21. The number of aryl methyl sites for hydroxylation is 1. The van der Waals surface area contributed by atoms with Crippen molar-refractivity contribution in [2.24, 2.45) is 0 Å². The second kappa shape index (κ2) is 11.0. The zero-order valence-electron chi connectivity index (χ0n) is 16.5. The average molecular weight is 419 g/mol. The van der Waals surface area contributed by atoms with Crippen molar-refractivity contribution in [2.45, 2.75) is 39.5 Å². The molecule has 0 radical (unpaired) electrons. The number of nitrogens with one attached hydrogen (secondary N) is 2. The van der Waals surface area contributed by atoms with Crippen LogP contribution in [0.1, 0.15) is 54.6 Å². The minimum Gasteiger partial charge on any atom is -0.462 e. The maximum absolute atomic E-state index is 11.9. The van der Waals surface area contributed by atoms with Gasteiger partial charge in [0.05, 0.1) is 17.2 Å². The van der Waals surface area contributed by atoms with Gasteiger partial charge in [0.1, 0.15) is 0 Å². The molecule has 0 atom stereocenters. The average Bonchev–Trinajstić information content (AvgIpc) is 2.67. The first-order chi connectivity index (χ1) is 13.4. The molecule has 0 aliphatic rings. The number of carbonyl (C=O) groups is 1. The van der Waals surface area contributed by atoms with Crippen LogP contribution in [0, 0.1) is 0 Å². The van der Waals surface area contributed by atoms with Gasteiger partial charge in [0, 0.05) is 12.2 Å². The Morgan fingerprint density at radius 1 is 1.18 bits per heavy atom. The van der Waals surface area contributed by atoms with Crippen LogP contribution in [0.25, 0.3) is 0 Å². The maximum Gasteiger partial charge on any atom is 0.339 e. The molecule has 0 aromatic heterocycles.